The van der Waals surface area contributed by atoms with Crippen molar-refractivity contribution in [1.82, 2.24) is 39.9 Å². The first-order valence-electron chi connectivity index (χ1n) is 24.8. The monoisotopic (exact) mass is 1130 g/mol. The molecule has 0 radical (unpaired) electrons. The molecule has 0 aliphatic rings. The van der Waals surface area contributed by atoms with Crippen LogP contribution in [0.15, 0.2) is 143 Å². The molecule has 0 saturated heterocycles. The van der Waals surface area contributed by atoms with Gasteiger partial charge in [-0.3, -0.25) is 28.8 Å². The van der Waals surface area contributed by atoms with Crippen LogP contribution < -0.4 is 22.2 Å². The zero-order chi connectivity index (χ0) is 57.0. The fraction of sp³-hybridized carbons (Fsp3) is 0.345. The minimum absolute atomic E-state index is 0.0775. The standard InChI is InChI=1S/C15H16N2O3S.C15H18N2O2S.C10H14.C9H12N2O3S.C6H8N2O2S/c1-3-9(2)10-4-6-11(7-5-10)14(20)21-15-16-12(18)8-13(19)17-15;1-3-10(2)12-6-4-11(5-7-12)9-20-15-16-13(18)8-14(19)17-15;1-3-9(2)10-7-5-4-6-8-10;1-3-5(2)8(14)15-9-10-6(12)4-7(13)11-9;1-2-11-6-7-4(9)3-5(10)8-6/h4-9H,3H2,1-2H3,(H2,16,17,18,19);4-8,10H,3,9H2,1-2H3,(H2,16,17,18,19);4-9H,3H2,1-2H3;4-5H,3H2,1-2H3,(H2,10,11,12,13);3H,2H2,1H3,(H2,7,8,9,10). The Bertz CT molecular complexity index is 3160. The van der Waals surface area contributed by atoms with Gasteiger partial charge in [-0.25, -0.2) is 0 Å². The maximum Gasteiger partial charge on any atom is 0.255 e. The van der Waals surface area contributed by atoms with E-state index in [0.29, 0.717) is 39.4 Å². The molecule has 4 aromatic heterocycles. The van der Waals surface area contributed by atoms with E-state index in [4.69, 9.17) is 10.2 Å². The maximum absolute atomic E-state index is 12.1. The molecule has 18 nitrogen and oxygen atoms in total. The number of benzene rings is 3. The van der Waals surface area contributed by atoms with Crippen LogP contribution in [-0.4, -0.2) is 76.3 Å². The molecule has 8 N–H and O–H groups in total. The molecule has 4 unspecified atom stereocenters. The summed E-state index contributed by atoms with van der Waals surface area (Å²) in [7, 11) is 0. The molecule has 0 aliphatic heterocycles. The van der Waals surface area contributed by atoms with Crippen LogP contribution in [0.1, 0.15) is 138 Å². The van der Waals surface area contributed by atoms with Crippen molar-refractivity contribution >= 4 is 57.3 Å². The van der Waals surface area contributed by atoms with Gasteiger partial charge >= 0.3 is 0 Å². The molecule has 0 spiro atoms. The number of hydrogen-bond acceptors (Lipinski definition) is 18. The fourth-order valence-electron chi connectivity index (χ4n) is 6.10. The van der Waals surface area contributed by atoms with Crippen molar-refractivity contribution in [3.05, 3.63) is 172 Å². The molecule has 0 aliphatic carbocycles. The Balaban J connectivity index is 0.000000261. The van der Waals surface area contributed by atoms with E-state index < -0.39 is 17.0 Å². The Morgan fingerprint density at radius 2 is 0.831 bits per heavy atom. The molecule has 0 amide bonds. The van der Waals surface area contributed by atoms with Crippen LogP contribution in [0.5, 0.6) is 23.5 Å². The maximum atomic E-state index is 12.1. The number of aromatic amines is 4. The summed E-state index contributed by atoms with van der Waals surface area (Å²) in [5, 5.41) is 37.2. The minimum Gasteiger partial charge on any atom is -0.493 e. The second kappa shape index (κ2) is 34.0. The Labute approximate surface area is 464 Å². The molecule has 3 aromatic carbocycles. The van der Waals surface area contributed by atoms with Crippen molar-refractivity contribution < 1.29 is 30.0 Å². The van der Waals surface area contributed by atoms with Crippen LogP contribution in [-0.2, 0) is 10.5 Å². The third-order valence-corrected chi connectivity index (χ3v) is 14.9. The molecule has 7 aromatic rings. The molecular formula is C55H68N8O10S4. The molecule has 22 heteroatoms. The largest absolute Gasteiger partial charge is 0.493 e. The number of carbonyl (C=O) groups is 2. The third kappa shape index (κ3) is 24.3. The lowest BCUT2D eigenvalue weighted by Crippen LogP contribution is -2.10. The number of aromatic hydroxyl groups is 4. The van der Waals surface area contributed by atoms with Gasteiger partial charge in [-0.1, -0.05) is 165 Å². The fourth-order valence-corrected chi connectivity index (χ4v) is 9.10. The molecule has 412 valence electrons. The molecule has 0 fully saturated rings. The number of nitrogens with one attached hydrogen (secondary N) is 4. The molecule has 77 heavy (non-hydrogen) atoms. The van der Waals surface area contributed by atoms with Crippen molar-refractivity contribution in [3.8, 4) is 23.5 Å². The summed E-state index contributed by atoms with van der Waals surface area (Å²) >= 11 is 4.39. The van der Waals surface area contributed by atoms with E-state index in [2.05, 4.69) is 136 Å². The first-order chi connectivity index (χ1) is 36.7. The Hall–Kier alpha value is -6.88. The van der Waals surface area contributed by atoms with Crippen LogP contribution in [0, 0.1) is 5.92 Å². The van der Waals surface area contributed by atoms with Crippen molar-refractivity contribution in [2.45, 2.75) is 132 Å². The smallest absolute Gasteiger partial charge is 0.255 e. The van der Waals surface area contributed by atoms with Gasteiger partial charge in [0, 0.05) is 17.2 Å². The number of thioether (sulfide) groups is 4. The van der Waals surface area contributed by atoms with Gasteiger partial charge < -0.3 is 40.4 Å². The molecule has 0 bridgehead atoms. The van der Waals surface area contributed by atoms with Gasteiger partial charge in [-0.15, -0.1) is 0 Å². The lowest BCUT2D eigenvalue weighted by atomic mass is 9.98. The third-order valence-electron chi connectivity index (χ3n) is 11.4. The van der Waals surface area contributed by atoms with E-state index in [-0.39, 0.29) is 55.2 Å². The Kier molecular flexibility index (Phi) is 28.4. The van der Waals surface area contributed by atoms with Gasteiger partial charge in [-0.05, 0) is 95.0 Å². The van der Waals surface area contributed by atoms with Crippen LogP contribution in [0.3, 0.4) is 0 Å². The van der Waals surface area contributed by atoms with Crippen molar-refractivity contribution in [2.75, 3.05) is 5.75 Å². The highest BCUT2D eigenvalue weighted by atomic mass is 32.2. The molecule has 0 saturated carbocycles. The Morgan fingerprint density at radius 3 is 1.22 bits per heavy atom. The predicted octanol–water partition coefficient (Wildman–Crippen LogP) is 11.1. The highest BCUT2D eigenvalue weighted by molar-refractivity contribution is 8.14. The van der Waals surface area contributed by atoms with Crippen LogP contribution in [0.2, 0.25) is 0 Å². The normalized spacial score (nSPS) is 12.0. The van der Waals surface area contributed by atoms with E-state index in [0.717, 1.165) is 78.4 Å². The van der Waals surface area contributed by atoms with Gasteiger partial charge in [-0.2, -0.15) is 19.9 Å². The van der Waals surface area contributed by atoms with E-state index in [9.17, 15) is 39.0 Å². The first kappa shape index (κ1) is 64.4. The zero-order valence-electron chi connectivity index (χ0n) is 44.5. The lowest BCUT2D eigenvalue weighted by molar-refractivity contribution is -0.114. The number of carbonyl (C=O) groups excluding carboxylic acids is 2. The number of nitrogens with zero attached hydrogens (tertiary/aromatic N) is 4. The van der Waals surface area contributed by atoms with Gasteiger partial charge in [0.2, 0.25) is 28.6 Å². The first-order valence-corrected chi connectivity index (χ1v) is 28.4. The minimum atomic E-state index is -0.495. The molecular weight excluding hydrogens is 1060 g/mol. The number of aromatic nitrogens is 8. The summed E-state index contributed by atoms with van der Waals surface area (Å²) in [4.78, 5) is 92.4. The second-order valence-electron chi connectivity index (χ2n) is 17.2. The van der Waals surface area contributed by atoms with Crippen molar-refractivity contribution in [2.24, 2.45) is 5.92 Å². The summed E-state index contributed by atoms with van der Waals surface area (Å²) in [6, 6.07) is 30.5. The topological polar surface area (TPSA) is 298 Å². The van der Waals surface area contributed by atoms with Gasteiger partial charge in [0.25, 0.3) is 22.2 Å². The molecule has 7 rings (SSSR count). The van der Waals surface area contributed by atoms with Crippen LogP contribution in [0.25, 0.3) is 0 Å². The van der Waals surface area contributed by atoms with E-state index in [1.807, 2.05) is 26.0 Å². The lowest BCUT2D eigenvalue weighted by Gasteiger charge is -2.09. The molecule has 4 atom stereocenters. The van der Waals surface area contributed by atoms with Gasteiger partial charge in [0.05, 0.1) is 24.3 Å². The number of rotatable bonds is 16. The zero-order valence-corrected chi connectivity index (χ0v) is 47.8. The SMILES string of the molecule is CCC(C)C(=O)Sc1nc(O)cc(=O)[nH]1.CCC(C)c1ccc(C(=O)Sc2nc(O)cc(=O)[nH]2)cc1.CCC(C)c1ccc(CSc2nc(O)cc(=O)[nH]2)cc1.CCC(C)c1ccccc1.CCSc1nc(O)cc(=O)[nH]1. The average Bonchev–Trinajstić information content (AvgIpc) is 3.39. The highest BCUT2D eigenvalue weighted by Gasteiger charge is 2.15. The van der Waals surface area contributed by atoms with E-state index in [1.54, 1.807) is 19.1 Å². The summed E-state index contributed by atoms with van der Waals surface area (Å²) in [6.45, 7) is 18.8. The van der Waals surface area contributed by atoms with Crippen molar-refractivity contribution in [3.63, 3.8) is 0 Å². The van der Waals surface area contributed by atoms with Gasteiger partial charge in [0.15, 0.2) is 25.7 Å². The summed E-state index contributed by atoms with van der Waals surface area (Å²) < 4.78 is 0. The average molecular weight is 1130 g/mol. The van der Waals surface area contributed by atoms with E-state index in [1.165, 1.54) is 46.6 Å². The van der Waals surface area contributed by atoms with Gasteiger partial charge in [0.1, 0.15) is 0 Å². The van der Waals surface area contributed by atoms with Crippen LogP contribution >= 0.6 is 47.0 Å². The summed E-state index contributed by atoms with van der Waals surface area (Å²) in [5.41, 5.74) is 4.02. The Morgan fingerprint density at radius 1 is 0.468 bits per heavy atom. The van der Waals surface area contributed by atoms with Crippen LogP contribution in [0.4, 0.5) is 0 Å². The highest BCUT2D eigenvalue weighted by Crippen LogP contribution is 2.26. The summed E-state index contributed by atoms with van der Waals surface area (Å²) in [5.74, 6) is 1.89. The second-order valence-corrected chi connectivity index (χ2v) is 21.4. The number of hydrogen-bond donors (Lipinski definition) is 8. The molecule has 4 heterocycles. The van der Waals surface area contributed by atoms with Crippen molar-refractivity contribution in [1.29, 1.82) is 0 Å². The van der Waals surface area contributed by atoms with E-state index >= 15 is 0 Å². The quantitative estimate of drug-likeness (QED) is 0.0329. The predicted molar refractivity (Wildman–Crippen MR) is 308 cm³/mol. The number of H-pyrrole nitrogens is 4. The summed E-state index contributed by atoms with van der Waals surface area (Å²) in [6.07, 6.45) is 4.12.